The van der Waals surface area contributed by atoms with Crippen molar-refractivity contribution in [3.63, 3.8) is 0 Å². The molecule has 59 heavy (non-hydrogen) atoms. The van der Waals surface area contributed by atoms with Crippen LogP contribution in [0.2, 0.25) is 0 Å². The molecule has 0 aliphatic heterocycles. The number of nitriles is 1. The van der Waals surface area contributed by atoms with E-state index in [0.29, 0.717) is 34.5 Å². The van der Waals surface area contributed by atoms with Crippen LogP contribution in [0, 0.1) is 17.9 Å². The molecule has 0 atom stereocenters. The number of nitrogens with zero attached hydrogens (tertiary/aromatic N) is 8. The lowest BCUT2D eigenvalue weighted by Gasteiger charge is -2.17. The average Bonchev–Trinajstić information content (AvgIpc) is 3.64. The minimum Gasteiger partial charge on any atom is -0.309 e. The highest BCUT2D eigenvalue weighted by atomic mass is 15.0. The van der Waals surface area contributed by atoms with Crippen LogP contribution in [0.1, 0.15) is 5.56 Å². The summed E-state index contributed by atoms with van der Waals surface area (Å²) in [6, 6.07) is 61.8. The van der Waals surface area contributed by atoms with E-state index < -0.39 is 0 Å². The molecule has 274 valence electrons. The summed E-state index contributed by atoms with van der Waals surface area (Å²) in [5.41, 5.74) is 10.3. The quantitative estimate of drug-likeness (QED) is 0.150. The Labute approximate surface area is 339 Å². The van der Waals surface area contributed by atoms with E-state index in [1.807, 2.05) is 170 Å². The maximum Gasteiger partial charge on any atom is 0.188 e. The predicted octanol–water partition coefficient (Wildman–Crippen LogP) is 12.2. The average molecular weight is 755 g/mol. The van der Waals surface area contributed by atoms with Gasteiger partial charge in [-0.15, -0.1) is 0 Å². The van der Waals surface area contributed by atoms with Crippen LogP contribution < -0.4 is 0 Å². The van der Waals surface area contributed by atoms with Gasteiger partial charge in [0.1, 0.15) is 0 Å². The van der Waals surface area contributed by atoms with E-state index in [4.69, 9.17) is 31.5 Å². The van der Waals surface area contributed by atoms with Gasteiger partial charge >= 0.3 is 0 Å². The minimum absolute atomic E-state index is 0.496. The molecular weight excluding hydrogens is 725 g/mol. The Hall–Kier alpha value is -8.59. The predicted molar refractivity (Wildman–Crippen MR) is 233 cm³/mol. The van der Waals surface area contributed by atoms with Gasteiger partial charge in [0.15, 0.2) is 29.0 Å². The van der Waals surface area contributed by atoms with Crippen molar-refractivity contribution in [1.82, 2.24) is 29.5 Å². The van der Waals surface area contributed by atoms with Gasteiger partial charge in [-0.25, -0.2) is 29.8 Å². The number of rotatable bonds is 7. The molecule has 8 nitrogen and oxygen atoms in total. The van der Waals surface area contributed by atoms with Crippen LogP contribution in [0.4, 0.5) is 5.69 Å². The standard InChI is InChI=1S/C51H30N8/c1-53-39-24-27-46-41(30-39)40-28-33(32-52)22-25-45(40)59(46)47-26-23-38(50-57-48(36-18-10-4-11-19-36)56-49(58-50)37-20-12-5-13-21-37)29-42(47)51-54-43(34-14-6-2-7-15-34)31-44(55-51)35-16-8-3-9-17-35/h2-31H. The van der Waals surface area contributed by atoms with Crippen molar-refractivity contribution in [2.24, 2.45) is 0 Å². The zero-order valence-electron chi connectivity index (χ0n) is 31.4. The lowest BCUT2D eigenvalue weighted by atomic mass is 10.0. The fraction of sp³-hybridized carbons (Fsp3) is 0. The molecule has 0 bridgehead atoms. The van der Waals surface area contributed by atoms with E-state index >= 15 is 0 Å². The lowest BCUT2D eigenvalue weighted by Crippen LogP contribution is -2.04. The molecule has 0 unspecified atom stereocenters. The summed E-state index contributed by atoms with van der Waals surface area (Å²) in [6.07, 6.45) is 0. The van der Waals surface area contributed by atoms with Gasteiger partial charge in [0.2, 0.25) is 0 Å². The highest BCUT2D eigenvalue weighted by molar-refractivity contribution is 6.11. The smallest absolute Gasteiger partial charge is 0.188 e. The van der Waals surface area contributed by atoms with Gasteiger partial charge < -0.3 is 4.57 Å². The third kappa shape index (κ3) is 6.53. The number of hydrogen-bond donors (Lipinski definition) is 0. The van der Waals surface area contributed by atoms with Gasteiger partial charge in [0, 0.05) is 38.8 Å². The topological polar surface area (TPSA) is 97.5 Å². The van der Waals surface area contributed by atoms with Crippen LogP contribution in [0.15, 0.2) is 182 Å². The monoisotopic (exact) mass is 754 g/mol. The van der Waals surface area contributed by atoms with E-state index in [1.54, 1.807) is 0 Å². The van der Waals surface area contributed by atoms with E-state index in [0.717, 1.165) is 72.3 Å². The van der Waals surface area contributed by atoms with Gasteiger partial charge in [0.05, 0.1) is 46.3 Å². The summed E-state index contributed by atoms with van der Waals surface area (Å²) in [5, 5.41) is 11.6. The molecule has 7 aromatic carbocycles. The molecule has 0 radical (unpaired) electrons. The van der Waals surface area contributed by atoms with Crippen molar-refractivity contribution in [2.45, 2.75) is 0 Å². The third-order valence-electron chi connectivity index (χ3n) is 10.3. The van der Waals surface area contributed by atoms with Crippen molar-refractivity contribution < 1.29 is 0 Å². The molecule has 0 aliphatic rings. The number of fused-ring (bicyclic) bond motifs is 3. The van der Waals surface area contributed by atoms with Gasteiger partial charge in [0.25, 0.3) is 0 Å². The second-order valence-electron chi connectivity index (χ2n) is 14.0. The Morgan fingerprint density at radius 2 is 0.932 bits per heavy atom. The number of hydrogen-bond acceptors (Lipinski definition) is 6. The summed E-state index contributed by atoms with van der Waals surface area (Å²) in [4.78, 5) is 29.4. The number of aromatic nitrogens is 6. The molecule has 10 aromatic rings. The first kappa shape index (κ1) is 34.9. The van der Waals surface area contributed by atoms with E-state index in [9.17, 15) is 5.26 Å². The van der Waals surface area contributed by atoms with Crippen molar-refractivity contribution in [1.29, 1.82) is 5.26 Å². The van der Waals surface area contributed by atoms with Crippen molar-refractivity contribution >= 4 is 27.5 Å². The summed E-state index contributed by atoms with van der Waals surface area (Å²) < 4.78 is 2.16. The highest BCUT2D eigenvalue weighted by Gasteiger charge is 2.22. The van der Waals surface area contributed by atoms with E-state index in [1.165, 1.54) is 0 Å². The van der Waals surface area contributed by atoms with Crippen molar-refractivity contribution in [2.75, 3.05) is 0 Å². The highest BCUT2D eigenvalue weighted by Crippen LogP contribution is 2.40. The molecule has 0 amide bonds. The third-order valence-corrected chi connectivity index (χ3v) is 10.3. The second kappa shape index (κ2) is 14.8. The minimum atomic E-state index is 0.496. The molecule has 0 N–H and O–H groups in total. The van der Waals surface area contributed by atoms with Crippen molar-refractivity contribution in [3.8, 4) is 79.8 Å². The summed E-state index contributed by atoms with van der Waals surface area (Å²) in [5.74, 6) is 2.11. The molecule has 10 rings (SSSR count). The van der Waals surface area contributed by atoms with Crippen LogP contribution in [-0.2, 0) is 0 Å². The van der Waals surface area contributed by atoms with Crippen LogP contribution in [0.3, 0.4) is 0 Å². The Morgan fingerprint density at radius 3 is 1.46 bits per heavy atom. The van der Waals surface area contributed by atoms with Gasteiger partial charge in [-0.2, -0.15) is 5.26 Å². The zero-order chi connectivity index (χ0) is 39.7. The molecule has 0 saturated heterocycles. The van der Waals surface area contributed by atoms with Crippen LogP contribution in [-0.4, -0.2) is 29.5 Å². The normalized spacial score (nSPS) is 11.0. The molecule has 0 saturated carbocycles. The SMILES string of the molecule is [C-]#[N+]c1ccc2c(c1)c1cc(C#N)ccc1n2-c1ccc(-c2nc(-c3ccccc3)nc(-c3ccccc3)n2)cc1-c1nc(-c2ccccc2)cc(-c2ccccc2)n1. The summed E-state index contributed by atoms with van der Waals surface area (Å²) in [6.45, 7) is 7.78. The zero-order valence-corrected chi connectivity index (χ0v) is 31.4. The molecule has 0 fully saturated rings. The molecule has 3 aromatic heterocycles. The molecular formula is C51H30N8. The van der Waals surface area contributed by atoms with E-state index in [2.05, 4.69) is 27.6 Å². The molecule has 0 spiro atoms. The van der Waals surface area contributed by atoms with Gasteiger partial charge in [-0.3, -0.25) is 0 Å². The maximum atomic E-state index is 9.91. The first-order valence-corrected chi connectivity index (χ1v) is 19.0. The first-order valence-electron chi connectivity index (χ1n) is 19.0. The van der Waals surface area contributed by atoms with Crippen molar-refractivity contribution in [3.05, 3.63) is 199 Å². The Morgan fingerprint density at radius 1 is 0.441 bits per heavy atom. The molecule has 3 heterocycles. The Balaban J connectivity index is 1.28. The largest absolute Gasteiger partial charge is 0.309 e. The second-order valence-corrected chi connectivity index (χ2v) is 14.0. The molecule has 0 aliphatic carbocycles. The number of benzene rings is 7. The Bertz CT molecular complexity index is 3090. The Kier molecular flexibility index (Phi) is 8.76. The summed E-state index contributed by atoms with van der Waals surface area (Å²) in [7, 11) is 0. The van der Waals surface area contributed by atoms with Crippen LogP contribution in [0.25, 0.3) is 100 Å². The maximum absolute atomic E-state index is 9.91. The lowest BCUT2D eigenvalue weighted by molar-refractivity contribution is 1.07. The first-order chi connectivity index (χ1) is 29.1. The van der Waals surface area contributed by atoms with Gasteiger partial charge in [-0.05, 0) is 60.0 Å². The van der Waals surface area contributed by atoms with Crippen LogP contribution in [0.5, 0.6) is 0 Å². The molecule has 8 heteroatoms. The fourth-order valence-corrected chi connectivity index (χ4v) is 7.48. The van der Waals surface area contributed by atoms with Crippen LogP contribution >= 0.6 is 0 Å². The van der Waals surface area contributed by atoms with Gasteiger partial charge in [-0.1, -0.05) is 127 Å². The summed E-state index contributed by atoms with van der Waals surface area (Å²) >= 11 is 0. The fourth-order valence-electron chi connectivity index (χ4n) is 7.48. The van der Waals surface area contributed by atoms with E-state index in [-0.39, 0.29) is 0 Å².